The van der Waals surface area contributed by atoms with Crippen LogP contribution in [0.4, 0.5) is 5.82 Å². The smallest absolute Gasteiger partial charge is 0.162 e. The highest BCUT2D eigenvalue weighted by atomic mass is 32.1. The first-order valence-corrected chi connectivity index (χ1v) is 6.49. The van der Waals surface area contributed by atoms with Crippen LogP contribution < -0.4 is 11.3 Å². The van der Waals surface area contributed by atoms with Gasteiger partial charge in [0.15, 0.2) is 5.82 Å². The Morgan fingerprint density at radius 1 is 1.29 bits per heavy atom. The number of hydrogen-bond acceptors (Lipinski definition) is 5. The Morgan fingerprint density at radius 3 is 2.59 bits per heavy atom. The third kappa shape index (κ3) is 2.16. The molecule has 0 aliphatic rings. The van der Waals surface area contributed by atoms with E-state index in [1.54, 1.807) is 11.3 Å². The third-order valence-electron chi connectivity index (χ3n) is 2.80. The van der Waals surface area contributed by atoms with Crippen molar-refractivity contribution in [1.82, 2.24) is 9.97 Å². The van der Waals surface area contributed by atoms with E-state index in [9.17, 15) is 0 Å². The number of nitrogens with two attached hydrogens (primary N) is 1. The molecule has 0 radical (unpaired) electrons. The first-order valence-electron chi connectivity index (χ1n) is 5.54. The molecule has 90 valence electrons. The van der Waals surface area contributed by atoms with E-state index >= 15 is 0 Å². The molecule has 2 heterocycles. The zero-order valence-electron chi connectivity index (χ0n) is 10.2. The molecule has 4 nitrogen and oxygen atoms in total. The fourth-order valence-electron chi connectivity index (χ4n) is 1.85. The second-order valence-electron chi connectivity index (χ2n) is 3.93. The van der Waals surface area contributed by atoms with Crippen molar-refractivity contribution in [2.45, 2.75) is 27.2 Å². The van der Waals surface area contributed by atoms with Crippen molar-refractivity contribution in [3.8, 4) is 11.4 Å². The van der Waals surface area contributed by atoms with E-state index in [0.29, 0.717) is 0 Å². The van der Waals surface area contributed by atoms with Crippen molar-refractivity contribution in [2.75, 3.05) is 5.43 Å². The quantitative estimate of drug-likeness (QED) is 0.647. The number of aromatic nitrogens is 2. The number of anilines is 1. The third-order valence-corrected chi connectivity index (χ3v) is 3.66. The van der Waals surface area contributed by atoms with Crippen LogP contribution in [0.15, 0.2) is 10.8 Å². The van der Waals surface area contributed by atoms with Gasteiger partial charge in [0.25, 0.3) is 0 Å². The van der Waals surface area contributed by atoms with Gasteiger partial charge in [-0.2, -0.15) is 11.3 Å². The highest BCUT2D eigenvalue weighted by Crippen LogP contribution is 2.26. The van der Waals surface area contributed by atoms with Crippen LogP contribution in [0.1, 0.15) is 23.7 Å². The molecule has 5 heteroatoms. The van der Waals surface area contributed by atoms with Gasteiger partial charge >= 0.3 is 0 Å². The zero-order chi connectivity index (χ0) is 12.4. The Bertz CT molecular complexity index is 533. The van der Waals surface area contributed by atoms with Crippen molar-refractivity contribution in [3.05, 3.63) is 27.6 Å². The molecule has 2 aromatic rings. The number of nitrogens with zero attached hydrogens (tertiary/aromatic N) is 2. The lowest BCUT2D eigenvalue weighted by atomic mass is 10.1. The maximum absolute atomic E-state index is 5.52. The maximum Gasteiger partial charge on any atom is 0.162 e. The normalized spacial score (nSPS) is 10.6. The van der Waals surface area contributed by atoms with E-state index in [4.69, 9.17) is 5.84 Å². The summed E-state index contributed by atoms with van der Waals surface area (Å²) in [6.07, 6.45) is 0.869. The van der Waals surface area contributed by atoms with Crippen LogP contribution >= 0.6 is 11.3 Å². The summed E-state index contributed by atoms with van der Waals surface area (Å²) in [5.74, 6) is 6.98. The first-order chi connectivity index (χ1) is 8.17. The molecule has 0 bridgehead atoms. The number of rotatable bonds is 3. The Kier molecular flexibility index (Phi) is 3.40. The fourth-order valence-corrected chi connectivity index (χ4v) is 2.68. The van der Waals surface area contributed by atoms with Crippen LogP contribution in [0.2, 0.25) is 0 Å². The summed E-state index contributed by atoms with van der Waals surface area (Å²) in [6, 6.07) is 0. The Balaban J connectivity index is 2.58. The van der Waals surface area contributed by atoms with Gasteiger partial charge in [-0.15, -0.1) is 0 Å². The highest BCUT2D eigenvalue weighted by molar-refractivity contribution is 7.08. The van der Waals surface area contributed by atoms with E-state index < -0.39 is 0 Å². The summed E-state index contributed by atoms with van der Waals surface area (Å²) < 4.78 is 0. The molecule has 2 rings (SSSR count). The molecule has 17 heavy (non-hydrogen) atoms. The van der Waals surface area contributed by atoms with Gasteiger partial charge in [-0.05, 0) is 31.2 Å². The molecule has 2 aromatic heterocycles. The molecule has 0 fully saturated rings. The van der Waals surface area contributed by atoms with Gasteiger partial charge in [0.2, 0.25) is 0 Å². The van der Waals surface area contributed by atoms with Crippen LogP contribution in [0.3, 0.4) is 0 Å². The lowest BCUT2D eigenvalue weighted by Gasteiger charge is -2.11. The van der Waals surface area contributed by atoms with Crippen LogP contribution in [0.25, 0.3) is 11.4 Å². The second kappa shape index (κ2) is 4.81. The Hall–Kier alpha value is -1.46. The van der Waals surface area contributed by atoms with Crippen LogP contribution in [0.5, 0.6) is 0 Å². The molecule has 0 aromatic carbocycles. The standard InChI is InChI=1S/C12H16N4S/c1-4-9-8(3)14-11(15-12(9)16-13)10-6-17-5-7(10)2/h5-6H,4,13H2,1-3H3,(H,14,15,16). The first kappa shape index (κ1) is 12.0. The monoisotopic (exact) mass is 248 g/mol. The molecule has 0 amide bonds. The fraction of sp³-hybridized carbons (Fsp3) is 0.333. The molecule has 3 N–H and O–H groups in total. The van der Waals surface area contributed by atoms with Gasteiger partial charge < -0.3 is 5.43 Å². The molecule has 0 spiro atoms. The van der Waals surface area contributed by atoms with Gasteiger partial charge in [-0.1, -0.05) is 6.92 Å². The lowest BCUT2D eigenvalue weighted by Crippen LogP contribution is -2.13. The summed E-state index contributed by atoms with van der Waals surface area (Å²) in [7, 11) is 0. The van der Waals surface area contributed by atoms with Gasteiger partial charge in [0.05, 0.1) is 0 Å². The lowest BCUT2D eigenvalue weighted by molar-refractivity contribution is 0.994. The summed E-state index contributed by atoms with van der Waals surface area (Å²) in [5, 5.41) is 4.16. The van der Waals surface area contributed by atoms with Gasteiger partial charge in [-0.25, -0.2) is 15.8 Å². The van der Waals surface area contributed by atoms with E-state index in [1.807, 2.05) is 6.92 Å². The average Bonchev–Trinajstić information content (AvgIpc) is 2.74. The van der Waals surface area contributed by atoms with E-state index in [1.165, 1.54) is 5.56 Å². The second-order valence-corrected chi connectivity index (χ2v) is 4.67. The molecule has 0 atom stereocenters. The molecule has 0 aliphatic carbocycles. The van der Waals surface area contributed by atoms with Gasteiger partial charge in [0, 0.05) is 22.2 Å². The summed E-state index contributed by atoms with van der Waals surface area (Å²) >= 11 is 1.66. The molecular weight excluding hydrogens is 232 g/mol. The summed E-state index contributed by atoms with van der Waals surface area (Å²) in [5.41, 5.74) is 6.99. The van der Waals surface area contributed by atoms with E-state index in [-0.39, 0.29) is 0 Å². The van der Waals surface area contributed by atoms with Crippen LogP contribution in [0, 0.1) is 13.8 Å². The number of thiophene rings is 1. The van der Waals surface area contributed by atoms with E-state index in [0.717, 1.165) is 34.9 Å². The molecule has 0 aliphatic heterocycles. The van der Waals surface area contributed by atoms with Crippen molar-refractivity contribution < 1.29 is 0 Å². The van der Waals surface area contributed by atoms with Crippen molar-refractivity contribution in [3.63, 3.8) is 0 Å². The van der Waals surface area contributed by atoms with Crippen molar-refractivity contribution in [1.29, 1.82) is 0 Å². The number of hydrogen-bond donors (Lipinski definition) is 2. The Labute approximate surface area is 105 Å². The van der Waals surface area contributed by atoms with Crippen molar-refractivity contribution >= 4 is 17.2 Å². The number of aryl methyl sites for hydroxylation is 2. The molecular formula is C12H16N4S. The van der Waals surface area contributed by atoms with Gasteiger partial charge in [-0.3, -0.25) is 0 Å². The van der Waals surface area contributed by atoms with Crippen molar-refractivity contribution in [2.24, 2.45) is 5.84 Å². The minimum absolute atomic E-state index is 0.723. The average molecular weight is 248 g/mol. The number of hydrazine groups is 1. The summed E-state index contributed by atoms with van der Waals surface area (Å²) in [4.78, 5) is 9.04. The predicted molar refractivity (Wildman–Crippen MR) is 72.0 cm³/mol. The zero-order valence-corrected chi connectivity index (χ0v) is 11.1. The maximum atomic E-state index is 5.52. The minimum atomic E-state index is 0.723. The van der Waals surface area contributed by atoms with Gasteiger partial charge in [0.1, 0.15) is 5.82 Å². The molecule has 0 unspecified atom stereocenters. The minimum Gasteiger partial charge on any atom is -0.308 e. The number of nitrogens with one attached hydrogen (secondary N) is 1. The number of nitrogen functional groups attached to an aromatic ring is 1. The van der Waals surface area contributed by atoms with Crippen LogP contribution in [-0.2, 0) is 6.42 Å². The van der Waals surface area contributed by atoms with Crippen LogP contribution in [-0.4, -0.2) is 9.97 Å². The SMILES string of the molecule is CCc1c(C)nc(-c2cscc2C)nc1NN. The van der Waals surface area contributed by atoms with E-state index in [2.05, 4.69) is 40.0 Å². The molecule has 0 saturated heterocycles. The summed E-state index contributed by atoms with van der Waals surface area (Å²) in [6.45, 7) is 6.13. The molecule has 0 saturated carbocycles. The highest BCUT2D eigenvalue weighted by Gasteiger charge is 2.12. The topological polar surface area (TPSA) is 63.8 Å². The predicted octanol–water partition coefficient (Wildman–Crippen LogP) is 2.67. The Morgan fingerprint density at radius 2 is 2.06 bits per heavy atom. The largest absolute Gasteiger partial charge is 0.308 e.